The van der Waals surface area contributed by atoms with Crippen LogP contribution in [0.1, 0.15) is 31.7 Å². The quantitative estimate of drug-likeness (QED) is 0.405. The van der Waals surface area contributed by atoms with Crippen molar-refractivity contribution >= 4 is 21.9 Å². The molecule has 8 nitrogen and oxygen atoms in total. The summed E-state index contributed by atoms with van der Waals surface area (Å²) in [5, 5.41) is 5.92. The molecular weight excluding hydrogens is 390 g/mol. The maximum atomic E-state index is 12.2. The lowest BCUT2D eigenvalue weighted by molar-refractivity contribution is -0.121. The van der Waals surface area contributed by atoms with Crippen LogP contribution in [0.3, 0.4) is 0 Å². The van der Waals surface area contributed by atoms with Crippen molar-refractivity contribution in [1.82, 2.24) is 20.3 Å². The third-order valence-electron chi connectivity index (χ3n) is 4.96. The highest BCUT2D eigenvalue weighted by Crippen LogP contribution is 2.20. The minimum atomic E-state index is -3.39. The van der Waals surface area contributed by atoms with Crippen molar-refractivity contribution in [2.24, 2.45) is 10.9 Å². The van der Waals surface area contributed by atoms with Crippen LogP contribution < -0.4 is 15.4 Å². The van der Waals surface area contributed by atoms with Gasteiger partial charge in [0.05, 0.1) is 12.3 Å². The molecule has 1 aromatic carbocycles. The van der Waals surface area contributed by atoms with Gasteiger partial charge in [0.25, 0.3) is 0 Å². The number of hydrogen-bond acceptors (Lipinski definition) is 4. The van der Waals surface area contributed by atoms with Crippen molar-refractivity contribution in [3.63, 3.8) is 0 Å². The Morgan fingerprint density at radius 3 is 2.52 bits per heavy atom. The van der Waals surface area contributed by atoms with Crippen LogP contribution in [0, 0.1) is 5.92 Å². The molecule has 0 radical (unpaired) electrons. The molecule has 0 atom stereocenters. The molecule has 0 aliphatic carbocycles. The van der Waals surface area contributed by atoms with Crippen LogP contribution in [0.5, 0.6) is 0 Å². The number of likely N-dealkylation sites (tertiary alicyclic amines) is 1. The normalized spacial score (nSPS) is 15.9. The van der Waals surface area contributed by atoms with Crippen molar-refractivity contribution in [1.29, 1.82) is 0 Å². The van der Waals surface area contributed by atoms with Crippen LogP contribution in [0.4, 0.5) is 0 Å². The van der Waals surface area contributed by atoms with Gasteiger partial charge in [-0.15, -0.1) is 0 Å². The molecule has 2 rings (SSSR count). The van der Waals surface area contributed by atoms with Crippen molar-refractivity contribution < 1.29 is 13.2 Å². The van der Waals surface area contributed by atoms with Crippen LogP contribution in [0.2, 0.25) is 0 Å². The molecule has 1 aliphatic rings. The first-order chi connectivity index (χ1) is 13.9. The fourth-order valence-corrected chi connectivity index (χ4v) is 4.13. The summed E-state index contributed by atoms with van der Waals surface area (Å²) < 4.78 is 27.1. The van der Waals surface area contributed by atoms with Crippen molar-refractivity contribution in [2.75, 3.05) is 39.0 Å². The summed E-state index contributed by atoms with van der Waals surface area (Å²) in [6, 6.07) is 9.44. The van der Waals surface area contributed by atoms with Gasteiger partial charge in [-0.2, -0.15) is 0 Å². The number of benzene rings is 1. The number of carbonyl (C=O) groups is 1. The number of amides is 1. The molecule has 1 aliphatic heterocycles. The fourth-order valence-electron chi connectivity index (χ4n) is 3.27. The highest BCUT2D eigenvalue weighted by Gasteiger charge is 2.23. The number of hydrogen-bond donors (Lipinski definition) is 3. The highest BCUT2D eigenvalue weighted by atomic mass is 32.2. The lowest BCUT2D eigenvalue weighted by Gasteiger charge is -2.34. The molecular formula is C20H33N5O3S. The third-order valence-corrected chi connectivity index (χ3v) is 6.27. The lowest BCUT2D eigenvalue weighted by Crippen LogP contribution is -2.46. The zero-order chi connectivity index (χ0) is 21.1. The SMILES string of the molecule is CCNC(=NCCS(=O)(=O)NCc1ccccc1)N1CCC(CC(=O)NC)CC1. The Morgan fingerprint density at radius 1 is 1.21 bits per heavy atom. The van der Waals surface area contributed by atoms with Crippen molar-refractivity contribution in [3.8, 4) is 0 Å². The summed E-state index contributed by atoms with van der Waals surface area (Å²) in [5.74, 6) is 1.15. The molecule has 0 unspecified atom stereocenters. The molecule has 1 amide bonds. The summed E-state index contributed by atoms with van der Waals surface area (Å²) >= 11 is 0. The van der Waals surface area contributed by atoms with Gasteiger partial charge >= 0.3 is 0 Å². The summed E-state index contributed by atoms with van der Waals surface area (Å²) in [6.45, 7) is 4.82. The Morgan fingerprint density at radius 2 is 1.90 bits per heavy atom. The predicted molar refractivity (Wildman–Crippen MR) is 116 cm³/mol. The van der Waals surface area contributed by atoms with Gasteiger partial charge in [-0.1, -0.05) is 30.3 Å². The van der Waals surface area contributed by atoms with Crippen LogP contribution in [-0.4, -0.2) is 64.2 Å². The molecule has 1 aromatic rings. The van der Waals surface area contributed by atoms with E-state index in [-0.39, 0.29) is 24.7 Å². The molecule has 3 N–H and O–H groups in total. The maximum absolute atomic E-state index is 12.2. The number of piperidine rings is 1. The van der Waals surface area contributed by atoms with E-state index < -0.39 is 10.0 Å². The molecule has 0 spiro atoms. The summed E-state index contributed by atoms with van der Waals surface area (Å²) in [6.07, 6.45) is 2.41. The van der Waals surface area contributed by atoms with Crippen LogP contribution in [0.25, 0.3) is 0 Å². The zero-order valence-electron chi connectivity index (χ0n) is 17.4. The molecule has 162 valence electrons. The number of nitrogens with one attached hydrogen (secondary N) is 3. The van der Waals surface area contributed by atoms with Crippen LogP contribution >= 0.6 is 0 Å². The Hall–Kier alpha value is -2.13. The minimum absolute atomic E-state index is 0.0537. The van der Waals surface area contributed by atoms with E-state index in [1.165, 1.54) is 0 Å². The monoisotopic (exact) mass is 423 g/mol. The number of sulfonamides is 1. The van der Waals surface area contributed by atoms with E-state index in [1.54, 1.807) is 7.05 Å². The maximum Gasteiger partial charge on any atom is 0.220 e. The second kappa shape index (κ2) is 11.8. The molecule has 0 aromatic heterocycles. The van der Waals surface area contributed by atoms with E-state index in [9.17, 15) is 13.2 Å². The largest absolute Gasteiger partial charge is 0.359 e. The van der Waals surface area contributed by atoms with E-state index in [1.807, 2.05) is 37.3 Å². The number of nitrogens with zero attached hydrogens (tertiary/aromatic N) is 2. The first kappa shape index (κ1) is 23.2. The Labute approximate surface area is 174 Å². The third kappa shape index (κ3) is 8.41. The van der Waals surface area contributed by atoms with Gasteiger partial charge in [0.15, 0.2) is 5.96 Å². The van der Waals surface area contributed by atoms with E-state index in [2.05, 4.69) is 25.2 Å². The van der Waals surface area contributed by atoms with Gasteiger partial charge in [0, 0.05) is 39.6 Å². The van der Waals surface area contributed by atoms with Crippen LogP contribution in [0.15, 0.2) is 35.3 Å². The van der Waals surface area contributed by atoms with Gasteiger partial charge in [-0.25, -0.2) is 13.1 Å². The predicted octanol–water partition coefficient (Wildman–Crippen LogP) is 0.920. The van der Waals surface area contributed by atoms with Crippen LogP contribution in [-0.2, 0) is 21.4 Å². The minimum Gasteiger partial charge on any atom is -0.359 e. The number of rotatable bonds is 9. The fraction of sp³-hybridized carbons (Fsp3) is 0.600. The van der Waals surface area contributed by atoms with E-state index in [4.69, 9.17) is 0 Å². The van der Waals surface area contributed by atoms with Crippen molar-refractivity contribution in [3.05, 3.63) is 35.9 Å². The number of aliphatic imine (C=N–C) groups is 1. The summed E-state index contributed by atoms with van der Waals surface area (Å²) in [5.41, 5.74) is 0.924. The van der Waals surface area contributed by atoms with E-state index >= 15 is 0 Å². The Bertz CT molecular complexity index is 760. The molecule has 0 bridgehead atoms. The summed E-state index contributed by atoms with van der Waals surface area (Å²) in [7, 11) is -1.73. The van der Waals surface area contributed by atoms with Gasteiger partial charge in [0.2, 0.25) is 15.9 Å². The molecule has 0 saturated carbocycles. The molecule has 1 saturated heterocycles. The molecule has 9 heteroatoms. The van der Waals surface area contributed by atoms with Crippen molar-refractivity contribution in [2.45, 2.75) is 32.7 Å². The standard InChI is InChI=1S/C20H33N5O3S/c1-3-22-20(25-12-9-17(10-13-25)15-19(26)21-2)23-11-14-29(27,28)24-16-18-7-5-4-6-8-18/h4-8,17,24H,3,9-16H2,1-2H3,(H,21,26)(H,22,23). The van der Waals surface area contributed by atoms with Gasteiger partial charge in [-0.3, -0.25) is 9.79 Å². The first-order valence-corrected chi connectivity index (χ1v) is 11.8. The average Bonchev–Trinajstić information content (AvgIpc) is 2.73. The first-order valence-electron chi connectivity index (χ1n) is 10.2. The average molecular weight is 424 g/mol. The number of carbonyl (C=O) groups excluding carboxylic acids is 1. The molecule has 1 fully saturated rings. The highest BCUT2D eigenvalue weighted by molar-refractivity contribution is 7.89. The Balaban J connectivity index is 1.83. The molecule has 29 heavy (non-hydrogen) atoms. The van der Waals surface area contributed by atoms with E-state index in [0.29, 0.717) is 12.3 Å². The topological polar surface area (TPSA) is 103 Å². The second-order valence-corrected chi connectivity index (χ2v) is 9.10. The molecule has 1 heterocycles. The van der Waals surface area contributed by atoms with Gasteiger partial charge in [0.1, 0.15) is 0 Å². The number of guanidine groups is 1. The van der Waals surface area contributed by atoms with E-state index in [0.717, 1.165) is 44.0 Å². The second-order valence-electron chi connectivity index (χ2n) is 7.17. The van der Waals surface area contributed by atoms with Gasteiger partial charge in [-0.05, 0) is 31.2 Å². The smallest absolute Gasteiger partial charge is 0.220 e. The zero-order valence-corrected chi connectivity index (χ0v) is 18.2. The Kier molecular flexibility index (Phi) is 9.40. The van der Waals surface area contributed by atoms with Gasteiger partial charge < -0.3 is 15.5 Å². The summed E-state index contributed by atoms with van der Waals surface area (Å²) in [4.78, 5) is 18.2. The lowest BCUT2D eigenvalue weighted by atomic mass is 9.93.